The quantitative estimate of drug-likeness (QED) is 0.747. The van der Waals surface area contributed by atoms with Gasteiger partial charge < -0.3 is 9.67 Å². The summed E-state index contributed by atoms with van der Waals surface area (Å²) in [5.74, 6) is 0.262. The molecule has 2 rings (SSSR count). The second-order valence-corrected chi connectivity index (χ2v) is 3.32. The Morgan fingerprint density at radius 2 is 2.25 bits per heavy atom. The number of hydrogen-bond donors (Lipinski definition) is 1. The van der Waals surface area contributed by atoms with Crippen molar-refractivity contribution in [1.29, 1.82) is 0 Å². The van der Waals surface area contributed by atoms with Crippen LogP contribution >= 0.6 is 15.9 Å². The highest BCUT2D eigenvalue weighted by atomic mass is 79.9. The number of nitrogens with zero attached hydrogens (tertiary/aromatic N) is 2. The fraction of sp³-hybridized carbons (Fsp3) is 0.125. The number of aryl methyl sites for hydroxylation is 1. The zero-order chi connectivity index (χ0) is 8.72. The Labute approximate surface area is 77.8 Å². The summed E-state index contributed by atoms with van der Waals surface area (Å²) in [4.78, 5) is 4.22. The van der Waals surface area contributed by atoms with Crippen molar-refractivity contribution in [2.75, 3.05) is 0 Å². The Morgan fingerprint density at radius 1 is 1.50 bits per heavy atom. The van der Waals surface area contributed by atoms with Gasteiger partial charge in [-0.05, 0) is 28.1 Å². The van der Waals surface area contributed by atoms with E-state index in [9.17, 15) is 5.11 Å². The van der Waals surface area contributed by atoms with Gasteiger partial charge in [0.1, 0.15) is 5.75 Å². The highest BCUT2D eigenvalue weighted by molar-refractivity contribution is 9.10. The lowest BCUT2D eigenvalue weighted by molar-refractivity contribution is 0.476. The number of aromatic nitrogens is 2. The number of hydrogen-bond acceptors (Lipinski definition) is 2. The SMILES string of the molecule is Cn1c(Br)nc2ccc(O)cc21. The normalized spacial score (nSPS) is 10.8. The van der Waals surface area contributed by atoms with Gasteiger partial charge in [0.25, 0.3) is 0 Å². The van der Waals surface area contributed by atoms with Gasteiger partial charge in [-0.15, -0.1) is 0 Å². The maximum absolute atomic E-state index is 9.21. The largest absolute Gasteiger partial charge is 0.508 e. The molecule has 0 amide bonds. The second-order valence-electron chi connectivity index (χ2n) is 2.61. The first-order valence-corrected chi connectivity index (χ1v) is 4.29. The molecule has 1 aromatic carbocycles. The van der Waals surface area contributed by atoms with Crippen molar-refractivity contribution >= 4 is 27.0 Å². The van der Waals surface area contributed by atoms with Crippen LogP contribution in [0.15, 0.2) is 22.9 Å². The lowest BCUT2D eigenvalue weighted by Gasteiger charge is -1.95. The summed E-state index contributed by atoms with van der Waals surface area (Å²) in [7, 11) is 1.89. The highest BCUT2D eigenvalue weighted by Gasteiger charge is 2.04. The predicted octanol–water partition coefficient (Wildman–Crippen LogP) is 2.04. The molecule has 0 unspecified atom stereocenters. The molecule has 1 heterocycles. The van der Waals surface area contributed by atoms with E-state index in [-0.39, 0.29) is 5.75 Å². The fourth-order valence-electron chi connectivity index (χ4n) is 1.15. The van der Waals surface area contributed by atoms with Gasteiger partial charge in [0, 0.05) is 13.1 Å². The average molecular weight is 227 g/mol. The van der Waals surface area contributed by atoms with E-state index in [1.807, 2.05) is 11.6 Å². The van der Waals surface area contributed by atoms with Crippen molar-refractivity contribution < 1.29 is 5.11 Å². The number of phenols is 1. The van der Waals surface area contributed by atoms with Gasteiger partial charge in [0.15, 0.2) is 4.73 Å². The van der Waals surface area contributed by atoms with E-state index >= 15 is 0 Å². The minimum Gasteiger partial charge on any atom is -0.508 e. The zero-order valence-corrected chi connectivity index (χ0v) is 8.04. The van der Waals surface area contributed by atoms with Crippen molar-refractivity contribution in [3.8, 4) is 5.75 Å². The molecule has 0 fully saturated rings. The van der Waals surface area contributed by atoms with Gasteiger partial charge in [-0.25, -0.2) is 4.98 Å². The van der Waals surface area contributed by atoms with E-state index < -0.39 is 0 Å². The average Bonchev–Trinajstić information content (AvgIpc) is 2.31. The molecule has 1 N–H and O–H groups in total. The Hall–Kier alpha value is -1.03. The zero-order valence-electron chi connectivity index (χ0n) is 6.45. The molecule has 0 radical (unpaired) electrons. The molecule has 2 aromatic rings. The molecule has 3 nitrogen and oxygen atoms in total. The van der Waals surface area contributed by atoms with Crippen molar-refractivity contribution in [2.45, 2.75) is 0 Å². The standard InChI is InChI=1S/C8H7BrN2O/c1-11-7-4-5(12)2-3-6(7)10-8(11)9/h2-4,12H,1H3. The van der Waals surface area contributed by atoms with Crippen LogP contribution in [0.4, 0.5) is 0 Å². The van der Waals surface area contributed by atoms with Gasteiger partial charge in [-0.2, -0.15) is 0 Å². The summed E-state index contributed by atoms with van der Waals surface area (Å²) >= 11 is 3.30. The number of rotatable bonds is 0. The van der Waals surface area contributed by atoms with Crippen molar-refractivity contribution in [3.05, 3.63) is 22.9 Å². The number of imidazole rings is 1. The number of phenolic OH excluding ortho intramolecular Hbond substituents is 1. The van der Waals surface area contributed by atoms with E-state index in [0.29, 0.717) is 0 Å². The molecule has 0 saturated carbocycles. The molecule has 0 aliphatic heterocycles. The Kier molecular flexibility index (Phi) is 1.58. The third-order valence-electron chi connectivity index (χ3n) is 1.81. The fourth-order valence-corrected chi connectivity index (χ4v) is 1.53. The van der Waals surface area contributed by atoms with Crippen molar-refractivity contribution in [1.82, 2.24) is 9.55 Å². The molecule has 0 atom stereocenters. The monoisotopic (exact) mass is 226 g/mol. The molecule has 12 heavy (non-hydrogen) atoms. The van der Waals surface area contributed by atoms with E-state index in [4.69, 9.17) is 0 Å². The van der Waals surface area contributed by atoms with Crippen molar-refractivity contribution in [3.63, 3.8) is 0 Å². The summed E-state index contributed by atoms with van der Waals surface area (Å²) < 4.78 is 2.64. The molecule has 0 saturated heterocycles. The third kappa shape index (κ3) is 0.992. The van der Waals surface area contributed by atoms with Crippen LogP contribution in [0.25, 0.3) is 11.0 Å². The summed E-state index contributed by atoms with van der Waals surface area (Å²) in [5, 5.41) is 9.21. The van der Waals surface area contributed by atoms with Crippen LogP contribution in [0.3, 0.4) is 0 Å². The van der Waals surface area contributed by atoms with Crippen LogP contribution in [-0.2, 0) is 7.05 Å². The van der Waals surface area contributed by atoms with Crippen LogP contribution < -0.4 is 0 Å². The van der Waals surface area contributed by atoms with Gasteiger partial charge in [-0.3, -0.25) is 0 Å². The Balaban J connectivity index is 2.88. The maximum Gasteiger partial charge on any atom is 0.177 e. The first-order valence-electron chi connectivity index (χ1n) is 3.49. The number of halogens is 1. The van der Waals surface area contributed by atoms with Crippen molar-refractivity contribution in [2.24, 2.45) is 7.05 Å². The predicted molar refractivity (Wildman–Crippen MR) is 50.1 cm³/mol. The summed E-state index contributed by atoms with van der Waals surface area (Å²) in [6.45, 7) is 0. The Bertz CT molecular complexity index is 436. The molecule has 0 aliphatic carbocycles. The smallest absolute Gasteiger partial charge is 0.177 e. The molecule has 0 bridgehead atoms. The summed E-state index contributed by atoms with van der Waals surface area (Å²) in [6.07, 6.45) is 0. The van der Waals surface area contributed by atoms with Gasteiger partial charge in [0.2, 0.25) is 0 Å². The van der Waals surface area contributed by atoms with Crippen LogP contribution in [0.1, 0.15) is 0 Å². The number of benzene rings is 1. The lowest BCUT2D eigenvalue weighted by atomic mass is 10.3. The molecule has 62 valence electrons. The summed E-state index contributed by atoms with van der Waals surface area (Å²) in [5.41, 5.74) is 1.80. The Morgan fingerprint density at radius 3 is 3.00 bits per heavy atom. The first-order chi connectivity index (χ1) is 5.68. The van der Waals surface area contributed by atoms with E-state index in [1.54, 1.807) is 18.2 Å². The van der Waals surface area contributed by atoms with Crippen LogP contribution in [0, 0.1) is 0 Å². The lowest BCUT2D eigenvalue weighted by Crippen LogP contribution is -1.85. The molecular formula is C8H7BrN2O. The highest BCUT2D eigenvalue weighted by Crippen LogP contribution is 2.22. The van der Waals surface area contributed by atoms with Crippen LogP contribution in [0.2, 0.25) is 0 Å². The first kappa shape index (κ1) is 7.61. The number of aromatic hydroxyl groups is 1. The molecule has 4 heteroatoms. The van der Waals surface area contributed by atoms with Gasteiger partial charge in [0.05, 0.1) is 11.0 Å². The second kappa shape index (κ2) is 2.48. The minimum atomic E-state index is 0.262. The van der Waals surface area contributed by atoms with Crippen LogP contribution in [0.5, 0.6) is 5.75 Å². The minimum absolute atomic E-state index is 0.262. The van der Waals surface area contributed by atoms with Gasteiger partial charge >= 0.3 is 0 Å². The maximum atomic E-state index is 9.21. The molecule has 1 aromatic heterocycles. The summed E-state index contributed by atoms with van der Waals surface area (Å²) in [6, 6.07) is 5.10. The van der Waals surface area contributed by atoms with E-state index in [1.165, 1.54) is 0 Å². The van der Waals surface area contributed by atoms with E-state index in [0.717, 1.165) is 15.8 Å². The third-order valence-corrected chi connectivity index (χ3v) is 2.52. The number of fused-ring (bicyclic) bond motifs is 1. The van der Waals surface area contributed by atoms with E-state index in [2.05, 4.69) is 20.9 Å². The topological polar surface area (TPSA) is 38.0 Å². The molecule has 0 spiro atoms. The van der Waals surface area contributed by atoms with Gasteiger partial charge in [-0.1, -0.05) is 0 Å². The molecular weight excluding hydrogens is 220 g/mol. The van der Waals surface area contributed by atoms with Crippen LogP contribution in [-0.4, -0.2) is 14.7 Å². The molecule has 0 aliphatic rings.